The molecular formula is C21H18ClFN2O3. The van der Waals surface area contributed by atoms with Gasteiger partial charge in [0.05, 0.1) is 10.7 Å². The minimum Gasteiger partial charge on any atom is -0.451 e. The first kappa shape index (κ1) is 21.1. The zero-order chi connectivity index (χ0) is 20.7. The number of carbonyl (C=O) groups is 2. The number of nitrogens with one attached hydrogen (secondary N) is 1. The summed E-state index contributed by atoms with van der Waals surface area (Å²) in [4.78, 5) is 23.9. The molecule has 2 rings (SSSR count). The Hall–Kier alpha value is -3.17. The van der Waals surface area contributed by atoms with Gasteiger partial charge in [0.25, 0.3) is 5.91 Å². The standard InChI is InChI=1S/C21H18ClFN2O3/c1-13(2)15-5-3-14(4-6-15)9-16(11-24)21(27)28-12-20(26)25-19-8-7-17(23)10-18(19)22/h3-10,13H,12H2,1-2H3,(H,25,26)/b16-9+. The van der Waals surface area contributed by atoms with E-state index in [1.807, 2.05) is 12.1 Å². The van der Waals surface area contributed by atoms with E-state index in [1.165, 1.54) is 12.1 Å². The summed E-state index contributed by atoms with van der Waals surface area (Å²) in [5, 5.41) is 11.6. The van der Waals surface area contributed by atoms with Gasteiger partial charge in [-0.1, -0.05) is 49.7 Å². The van der Waals surface area contributed by atoms with Gasteiger partial charge in [0, 0.05) is 0 Å². The molecule has 0 atom stereocenters. The molecule has 0 aliphatic rings. The van der Waals surface area contributed by atoms with Crippen molar-refractivity contribution < 1.29 is 18.7 Å². The van der Waals surface area contributed by atoms with E-state index in [2.05, 4.69) is 19.2 Å². The molecule has 5 nitrogen and oxygen atoms in total. The van der Waals surface area contributed by atoms with Crippen LogP contribution in [0.4, 0.5) is 10.1 Å². The fourth-order valence-corrected chi connectivity index (χ4v) is 2.48. The summed E-state index contributed by atoms with van der Waals surface area (Å²) in [6.07, 6.45) is 1.39. The summed E-state index contributed by atoms with van der Waals surface area (Å²) >= 11 is 5.82. The average Bonchev–Trinajstić information content (AvgIpc) is 2.66. The molecule has 1 amide bonds. The summed E-state index contributed by atoms with van der Waals surface area (Å²) in [5.41, 5.74) is 1.75. The number of hydrogen-bond acceptors (Lipinski definition) is 4. The average molecular weight is 401 g/mol. The number of esters is 1. The van der Waals surface area contributed by atoms with Crippen molar-refractivity contribution >= 4 is 35.2 Å². The summed E-state index contributed by atoms with van der Waals surface area (Å²) in [7, 11) is 0. The number of benzene rings is 2. The van der Waals surface area contributed by atoms with Crippen molar-refractivity contribution in [3.05, 3.63) is 70.0 Å². The van der Waals surface area contributed by atoms with Gasteiger partial charge in [-0.25, -0.2) is 9.18 Å². The van der Waals surface area contributed by atoms with Crippen LogP contribution in [0.15, 0.2) is 48.0 Å². The molecule has 0 bridgehead atoms. The zero-order valence-electron chi connectivity index (χ0n) is 15.3. The highest BCUT2D eigenvalue weighted by Crippen LogP contribution is 2.22. The van der Waals surface area contributed by atoms with Crippen LogP contribution in [0, 0.1) is 17.1 Å². The number of anilines is 1. The molecule has 0 aromatic heterocycles. The van der Waals surface area contributed by atoms with Crippen molar-refractivity contribution in [1.82, 2.24) is 0 Å². The van der Waals surface area contributed by atoms with E-state index >= 15 is 0 Å². The van der Waals surface area contributed by atoms with Crippen LogP contribution >= 0.6 is 11.6 Å². The topological polar surface area (TPSA) is 79.2 Å². The number of hydrogen-bond donors (Lipinski definition) is 1. The lowest BCUT2D eigenvalue weighted by atomic mass is 10.0. The third-order valence-corrected chi connectivity index (χ3v) is 4.11. The Morgan fingerprint density at radius 2 is 1.93 bits per heavy atom. The molecule has 2 aromatic rings. The Morgan fingerprint density at radius 3 is 2.50 bits per heavy atom. The van der Waals surface area contributed by atoms with Gasteiger partial charge in [0.15, 0.2) is 6.61 Å². The van der Waals surface area contributed by atoms with Crippen molar-refractivity contribution in [3.8, 4) is 6.07 Å². The molecule has 0 aliphatic carbocycles. The molecule has 144 valence electrons. The summed E-state index contributed by atoms with van der Waals surface area (Å²) in [5.74, 6) is -1.76. The van der Waals surface area contributed by atoms with E-state index in [9.17, 15) is 19.2 Å². The molecule has 1 N–H and O–H groups in total. The second-order valence-electron chi connectivity index (χ2n) is 6.24. The van der Waals surface area contributed by atoms with E-state index in [-0.39, 0.29) is 16.3 Å². The van der Waals surface area contributed by atoms with Gasteiger partial charge in [-0.15, -0.1) is 0 Å². The molecule has 0 saturated heterocycles. The second-order valence-corrected chi connectivity index (χ2v) is 6.65. The van der Waals surface area contributed by atoms with Crippen molar-refractivity contribution in [2.24, 2.45) is 0 Å². The molecule has 0 fully saturated rings. The van der Waals surface area contributed by atoms with Crippen LogP contribution < -0.4 is 5.32 Å². The van der Waals surface area contributed by atoms with Crippen molar-refractivity contribution in [2.45, 2.75) is 19.8 Å². The Balaban J connectivity index is 1.97. The highest BCUT2D eigenvalue weighted by atomic mass is 35.5. The van der Waals surface area contributed by atoms with E-state index in [4.69, 9.17) is 16.3 Å². The van der Waals surface area contributed by atoms with Crippen LogP contribution in [0.25, 0.3) is 6.08 Å². The van der Waals surface area contributed by atoms with E-state index in [1.54, 1.807) is 18.2 Å². The third kappa shape index (κ3) is 5.93. The number of nitriles is 1. The Morgan fingerprint density at radius 1 is 1.25 bits per heavy atom. The Kier molecular flexibility index (Phi) is 7.30. The summed E-state index contributed by atoms with van der Waals surface area (Å²) in [6, 6.07) is 12.7. The fourth-order valence-electron chi connectivity index (χ4n) is 2.27. The molecule has 0 aliphatic heterocycles. The molecular weight excluding hydrogens is 383 g/mol. The van der Waals surface area contributed by atoms with Gasteiger partial charge in [0.2, 0.25) is 0 Å². The first-order valence-corrected chi connectivity index (χ1v) is 8.81. The smallest absolute Gasteiger partial charge is 0.349 e. The van der Waals surface area contributed by atoms with Gasteiger partial charge in [-0.2, -0.15) is 5.26 Å². The first-order chi connectivity index (χ1) is 13.3. The SMILES string of the molecule is CC(C)c1ccc(/C=C(\C#N)C(=O)OCC(=O)Nc2ccc(F)cc2Cl)cc1. The van der Waals surface area contributed by atoms with Crippen LogP contribution in [0.1, 0.15) is 30.9 Å². The monoisotopic (exact) mass is 400 g/mol. The van der Waals surface area contributed by atoms with Crippen molar-refractivity contribution in [3.63, 3.8) is 0 Å². The minimum absolute atomic E-state index is 0.0159. The first-order valence-electron chi connectivity index (χ1n) is 8.44. The Bertz CT molecular complexity index is 947. The zero-order valence-corrected chi connectivity index (χ0v) is 16.1. The van der Waals surface area contributed by atoms with Gasteiger partial charge in [-0.3, -0.25) is 4.79 Å². The molecule has 2 aromatic carbocycles. The predicted octanol–water partition coefficient (Wildman–Crippen LogP) is 4.69. The number of amides is 1. The summed E-state index contributed by atoms with van der Waals surface area (Å²) in [6.45, 7) is 3.51. The lowest BCUT2D eigenvalue weighted by molar-refractivity contribution is -0.142. The molecule has 28 heavy (non-hydrogen) atoms. The van der Waals surface area contributed by atoms with E-state index in [0.717, 1.165) is 17.7 Å². The highest BCUT2D eigenvalue weighted by Gasteiger charge is 2.14. The van der Waals surface area contributed by atoms with Gasteiger partial charge >= 0.3 is 5.97 Å². The number of carbonyl (C=O) groups excluding carboxylic acids is 2. The summed E-state index contributed by atoms with van der Waals surface area (Å²) < 4.78 is 17.9. The number of nitrogens with zero attached hydrogens (tertiary/aromatic N) is 1. The number of halogens is 2. The van der Waals surface area contributed by atoms with Crippen LogP contribution in [0.3, 0.4) is 0 Å². The third-order valence-electron chi connectivity index (χ3n) is 3.79. The molecule has 0 unspecified atom stereocenters. The van der Waals surface area contributed by atoms with Crippen molar-refractivity contribution in [2.75, 3.05) is 11.9 Å². The second kappa shape index (κ2) is 9.67. The molecule has 7 heteroatoms. The maximum absolute atomic E-state index is 13.0. The van der Waals surface area contributed by atoms with Crippen LogP contribution in [-0.2, 0) is 14.3 Å². The fraction of sp³-hybridized carbons (Fsp3) is 0.190. The van der Waals surface area contributed by atoms with Crippen molar-refractivity contribution in [1.29, 1.82) is 5.26 Å². The quantitative estimate of drug-likeness (QED) is 0.433. The lowest BCUT2D eigenvalue weighted by Crippen LogP contribution is -2.21. The predicted molar refractivity (Wildman–Crippen MR) is 105 cm³/mol. The molecule has 0 saturated carbocycles. The molecule has 0 spiro atoms. The number of rotatable bonds is 6. The van der Waals surface area contributed by atoms with Crippen LogP contribution in [-0.4, -0.2) is 18.5 Å². The Labute approximate surface area is 167 Å². The van der Waals surface area contributed by atoms with Gasteiger partial charge in [0.1, 0.15) is 17.5 Å². The maximum atomic E-state index is 13.0. The molecule has 0 heterocycles. The van der Waals surface area contributed by atoms with Crippen LogP contribution in [0.5, 0.6) is 0 Å². The number of ether oxygens (including phenoxy) is 1. The van der Waals surface area contributed by atoms with Crippen LogP contribution in [0.2, 0.25) is 5.02 Å². The van der Waals surface area contributed by atoms with E-state index in [0.29, 0.717) is 11.5 Å². The maximum Gasteiger partial charge on any atom is 0.349 e. The molecule has 0 radical (unpaired) electrons. The largest absolute Gasteiger partial charge is 0.451 e. The van der Waals surface area contributed by atoms with Gasteiger partial charge in [-0.05, 0) is 41.3 Å². The van der Waals surface area contributed by atoms with E-state index < -0.39 is 24.3 Å². The van der Waals surface area contributed by atoms with Gasteiger partial charge < -0.3 is 10.1 Å². The normalized spacial score (nSPS) is 11.1. The highest BCUT2D eigenvalue weighted by molar-refractivity contribution is 6.33. The minimum atomic E-state index is -0.921. The lowest BCUT2D eigenvalue weighted by Gasteiger charge is -2.08.